The molecule has 3 rings (SSSR count). The van der Waals surface area contributed by atoms with E-state index in [1.54, 1.807) is 29.4 Å². The second kappa shape index (κ2) is 6.05. The van der Waals surface area contributed by atoms with Crippen molar-refractivity contribution in [2.45, 2.75) is 18.8 Å². The summed E-state index contributed by atoms with van der Waals surface area (Å²) in [6.07, 6.45) is -2.80. The summed E-state index contributed by atoms with van der Waals surface area (Å²) in [6.45, 7) is 0.541. The van der Waals surface area contributed by atoms with E-state index in [0.29, 0.717) is 18.0 Å². The van der Waals surface area contributed by atoms with Crippen LogP contribution in [0.2, 0.25) is 0 Å². The molecular weight excluding hydrogens is 299 g/mol. The SMILES string of the molecule is FC(F)(F)[C@H]1CN(Cc2cc(-c3cccnc3)no2)CCO1. The molecule has 0 saturated carbocycles. The van der Waals surface area contributed by atoms with Crippen molar-refractivity contribution in [2.75, 3.05) is 19.7 Å². The Morgan fingerprint density at radius 3 is 2.95 bits per heavy atom. The quantitative estimate of drug-likeness (QED) is 0.871. The summed E-state index contributed by atoms with van der Waals surface area (Å²) in [4.78, 5) is 5.64. The van der Waals surface area contributed by atoms with Crippen LogP contribution in [0, 0.1) is 0 Å². The fourth-order valence-electron chi connectivity index (χ4n) is 2.30. The smallest absolute Gasteiger partial charge is 0.366 e. The maximum absolute atomic E-state index is 12.7. The van der Waals surface area contributed by atoms with Gasteiger partial charge in [-0.1, -0.05) is 5.16 Å². The van der Waals surface area contributed by atoms with Gasteiger partial charge in [-0.3, -0.25) is 9.88 Å². The summed E-state index contributed by atoms with van der Waals surface area (Å²) in [5, 5.41) is 3.92. The molecule has 118 valence electrons. The number of pyridine rings is 1. The Bertz CT molecular complexity index is 615. The Morgan fingerprint density at radius 2 is 2.23 bits per heavy atom. The normalized spacial score (nSPS) is 20.2. The molecule has 0 spiro atoms. The van der Waals surface area contributed by atoms with Crippen molar-refractivity contribution in [3.8, 4) is 11.3 Å². The third kappa shape index (κ3) is 3.45. The van der Waals surface area contributed by atoms with Crippen LogP contribution in [-0.2, 0) is 11.3 Å². The molecule has 1 aliphatic heterocycles. The Balaban J connectivity index is 1.65. The zero-order valence-electron chi connectivity index (χ0n) is 11.6. The fraction of sp³-hybridized carbons (Fsp3) is 0.429. The van der Waals surface area contributed by atoms with Crippen LogP contribution in [0.5, 0.6) is 0 Å². The summed E-state index contributed by atoms with van der Waals surface area (Å²) < 4.78 is 48.0. The number of halogens is 3. The second-order valence-electron chi connectivity index (χ2n) is 5.06. The topological polar surface area (TPSA) is 51.4 Å². The molecule has 0 amide bonds. The Labute approximate surface area is 124 Å². The summed E-state index contributed by atoms with van der Waals surface area (Å²) in [5.74, 6) is 0.515. The minimum absolute atomic E-state index is 0.0494. The van der Waals surface area contributed by atoms with Crippen LogP contribution >= 0.6 is 0 Å². The number of morpholine rings is 1. The lowest BCUT2D eigenvalue weighted by atomic mass is 10.2. The van der Waals surface area contributed by atoms with Gasteiger partial charge in [0.2, 0.25) is 0 Å². The third-order valence-corrected chi connectivity index (χ3v) is 3.41. The standard InChI is InChI=1S/C14H14F3N3O2/c15-14(16,17)13-9-20(4-5-21-13)8-11-6-12(19-22-11)10-2-1-3-18-7-10/h1-3,6-7,13H,4-5,8-9H2/t13-/m1/s1. The maximum atomic E-state index is 12.7. The molecule has 0 bridgehead atoms. The van der Waals surface area contributed by atoms with Crippen LogP contribution in [0.3, 0.4) is 0 Å². The molecule has 8 heteroatoms. The molecule has 22 heavy (non-hydrogen) atoms. The van der Waals surface area contributed by atoms with Gasteiger partial charge in [-0.25, -0.2) is 0 Å². The first-order valence-corrected chi connectivity index (χ1v) is 6.79. The van der Waals surface area contributed by atoms with Gasteiger partial charge in [0.15, 0.2) is 11.9 Å². The molecule has 1 aliphatic rings. The lowest BCUT2D eigenvalue weighted by Crippen LogP contribution is -2.48. The third-order valence-electron chi connectivity index (χ3n) is 3.41. The first kappa shape index (κ1) is 15.0. The summed E-state index contributed by atoms with van der Waals surface area (Å²) in [5.41, 5.74) is 1.41. The average molecular weight is 313 g/mol. The van der Waals surface area contributed by atoms with Crippen LogP contribution in [0.1, 0.15) is 5.76 Å². The van der Waals surface area contributed by atoms with E-state index in [1.807, 2.05) is 6.07 Å². The van der Waals surface area contributed by atoms with E-state index in [2.05, 4.69) is 10.1 Å². The van der Waals surface area contributed by atoms with E-state index in [-0.39, 0.29) is 19.7 Å². The number of aromatic nitrogens is 2. The van der Waals surface area contributed by atoms with E-state index in [4.69, 9.17) is 9.26 Å². The van der Waals surface area contributed by atoms with Crippen molar-refractivity contribution >= 4 is 0 Å². The largest absolute Gasteiger partial charge is 0.415 e. The minimum atomic E-state index is -4.35. The second-order valence-corrected chi connectivity index (χ2v) is 5.06. The van der Waals surface area contributed by atoms with Crippen LogP contribution in [0.25, 0.3) is 11.3 Å². The predicted octanol–water partition coefficient (Wildman–Crippen LogP) is 2.50. The lowest BCUT2D eigenvalue weighted by Gasteiger charge is -2.33. The van der Waals surface area contributed by atoms with Crippen molar-refractivity contribution in [2.24, 2.45) is 0 Å². The van der Waals surface area contributed by atoms with E-state index in [9.17, 15) is 13.2 Å². The summed E-state index contributed by atoms with van der Waals surface area (Å²) >= 11 is 0. The van der Waals surface area contributed by atoms with Crippen LogP contribution in [0.4, 0.5) is 13.2 Å². The highest BCUT2D eigenvalue weighted by atomic mass is 19.4. The van der Waals surface area contributed by atoms with Crippen LogP contribution < -0.4 is 0 Å². The van der Waals surface area contributed by atoms with Gasteiger partial charge in [0.1, 0.15) is 5.69 Å². The molecule has 0 aromatic carbocycles. The van der Waals surface area contributed by atoms with Crippen molar-refractivity contribution in [3.05, 3.63) is 36.4 Å². The van der Waals surface area contributed by atoms with Crippen LogP contribution in [0.15, 0.2) is 35.1 Å². The highest BCUT2D eigenvalue weighted by Crippen LogP contribution is 2.26. The van der Waals surface area contributed by atoms with Crippen molar-refractivity contribution < 1.29 is 22.4 Å². The Morgan fingerprint density at radius 1 is 1.36 bits per heavy atom. The maximum Gasteiger partial charge on any atom is 0.415 e. The number of hydrogen-bond donors (Lipinski definition) is 0. The van der Waals surface area contributed by atoms with Gasteiger partial charge in [0.25, 0.3) is 0 Å². The van der Waals surface area contributed by atoms with Gasteiger partial charge in [-0.05, 0) is 12.1 Å². The Kier molecular flexibility index (Phi) is 4.12. The molecule has 3 heterocycles. The molecule has 1 saturated heterocycles. The highest BCUT2D eigenvalue weighted by Gasteiger charge is 2.43. The molecule has 2 aromatic heterocycles. The molecule has 0 N–H and O–H groups in total. The van der Waals surface area contributed by atoms with Gasteiger partial charge in [-0.15, -0.1) is 0 Å². The molecule has 0 unspecified atom stereocenters. The first-order valence-electron chi connectivity index (χ1n) is 6.79. The van der Waals surface area contributed by atoms with Gasteiger partial charge < -0.3 is 9.26 Å². The van der Waals surface area contributed by atoms with Gasteiger partial charge >= 0.3 is 6.18 Å². The number of rotatable bonds is 3. The van der Waals surface area contributed by atoms with Crippen molar-refractivity contribution in [1.29, 1.82) is 0 Å². The van der Waals surface area contributed by atoms with E-state index in [1.165, 1.54) is 0 Å². The van der Waals surface area contributed by atoms with Gasteiger partial charge in [0.05, 0.1) is 13.2 Å². The van der Waals surface area contributed by atoms with Gasteiger partial charge in [-0.2, -0.15) is 13.2 Å². The lowest BCUT2D eigenvalue weighted by molar-refractivity contribution is -0.238. The Hall–Kier alpha value is -1.93. The number of nitrogens with zero attached hydrogens (tertiary/aromatic N) is 3. The summed E-state index contributed by atoms with van der Waals surface area (Å²) in [7, 11) is 0. The summed E-state index contributed by atoms with van der Waals surface area (Å²) in [6, 6.07) is 5.33. The number of alkyl halides is 3. The first-order chi connectivity index (χ1) is 10.5. The molecule has 0 aliphatic carbocycles. The van der Waals surface area contributed by atoms with E-state index < -0.39 is 12.3 Å². The molecule has 1 atom stereocenters. The molecular formula is C14H14F3N3O2. The number of hydrogen-bond acceptors (Lipinski definition) is 5. The monoisotopic (exact) mass is 313 g/mol. The molecule has 1 fully saturated rings. The zero-order chi connectivity index (χ0) is 15.6. The van der Waals surface area contributed by atoms with Crippen molar-refractivity contribution in [3.63, 3.8) is 0 Å². The van der Waals surface area contributed by atoms with Gasteiger partial charge in [0, 0.05) is 37.1 Å². The molecule has 0 radical (unpaired) electrons. The average Bonchev–Trinajstić information content (AvgIpc) is 2.96. The molecule has 5 nitrogen and oxygen atoms in total. The molecule has 2 aromatic rings. The highest BCUT2D eigenvalue weighted by molar-refractivity contribution is 5.57. The predicted molar refractivity (Wildman–Crippen MR) is 70.8 cm³/mol. The fourth-order valence-corrected chi connectivity index (χ4v) is 2.30. The number of ether oxygens (including phenoxy) is 1. The van der Waals surface area contributed by atoms with Crippen LogP contribution in [-0.4, -0.2) is 47.0 Å². The van der Waals surface area contributed by atoms with E-state index in [0.717, 1.165) is 5.56 Å². The van der Waals surface area contributed by atoms with Crippen molar-refractivity contribution in [1.82, 2.24) is 15.0 Å². The zero-order valence-corrected chi connectivity index (χ0v) is 11.6. The minimum Gasteiger partial charge on any atom is -0.366 e. The van der Waals surface area contributed by atoms with E-state index >= 15 is 0 Å².